The summed E-state index contributed by atoms with van der Waals surface area (Å²) in [5, 5.41) is 3.12. The zero-order valence-corrected chi connectivity index (χ0v) is 12.8. The molecule has 0 bridgehead atoms. The van der Waals surface area contributed by atoms with Crippen LogP contribution in [-0.2, 0) is 0 Å². The standard InChI is InChI=1S/C15H13ClN2O2S/c1-21-11-6-7-13(16)12(8-11)15(20)18-10-4-2-9(3-5-10)14(17)19/h2-8H,1H3,(H2,17,19)(H,18,20). The highest BCUT2D eigenvalue weighted by Crippen LogP contribution is 2.24. The molecule has 0 saturated heterocycles. The molecule has 21 heavy (non-hydrogen) atoms. The number of hydrogen-bond acceptors (Lipinski definition) is 3. The van der Waals surface area contributed by atoms with E-state index < -0.39 is 5.91 Å². The van der Waals surface area contributed by atoms with Crippen molar-refractivity contribution in [1.82, 2.24) is 0 Å². The van der Waals surface area contributed by atoms with Crippen molar-refractivity contribution in [1.29, 1.82) is 0 Å². The fraction of sp³-hybridized carbons (Fsp3) is 0.0667. The predicted molar refractivity (Wildman–Crippen MR) is 86.1 cm³/mol. The number of nitrogens with one attached hydrogen (secondary N) is 1. The van der Waals surface area contributed by atoms with E-state index in [4.69, 9.17) is 17.3 Å². The highest BCUT2D eigenvalue weighted by molar-refractivity contribution is 7.98. The molecule has 2 aromatic carbocycles. The second-order valence-electron chi connectivity index (χ2n) is 4.24. The van der Waals surface area contributed by atoms with Crippen molar-refractivity contribution in [2.24, 2.45) is 5.73 Å². The topological polar surface area (TPSA) is 72.2 Å². The number of benzene rings is 2. The average molecular weight is 321 g/mol. The second-order valence-corrected chi connectivity index (χ2v) is 5.53. The van der Waals surface area contributed by atoms with E-state index in [0.717, 1.165) is 4.90 Å². The maximum absolute atomic E-state index is 12.2. The normalized spacial score (nSPS) is 10.2. The monoisotopic (exact) mass is 320 g/mol. The quantitative estimate of drug-likeness (QED) is 0.848. The largest absolute Gasteiger partial charge is 0.366 e. The molecule has 6 heteroatoms. The number of halogens is 1. The molecule has 0 unspecified atom stereocenters. The summed E-state index contributed by atoms with van der Waals surface area (Å²) in [6, 6.07) is 11.6. The lowest BCUT2D eigenvalue weighted by Gasteiger charge is -2.08. The fourth-order valence-electron chi connectivity index (χ4n) is 1.72. The van der Waals surface area contributed by atoms with Crippen LogP contribution in [0.5, 0.6) is 0 Å². The van der Waals surface area contributed by atoms with Gasteiger partial charge in [0.25, 0.3) is 5.91 Å². The third-order valence-electron chi connectivity index (χ3n) is 2.85. The lowest BCUT2D eigenvalue weighted by atomic mass is 10.1. The molecule has 108 valence electrons. The minimum Gasteiger partial charge on any atom is -0.366 e. The predicted octanol–water partition coefficient (Wildman–Crippen LogP) is 3.41. The van der Waals surface area contributed by atoms with Gasteiger partial charge in [-0.2, -0.15) is 0 Å². The van der Waals surface area contributed by atoms with Gasteiger partial charge in [-0.1, -0.05) is 11.6 Å². The van der Waals surface area contributed by atoms with Crippen molar-refractivity contribution >= 4 is 40.9 Å². The smallest absolute Gasteiger partial charge is 0.257 e. The Labute approximate surface area is 131 Å². The first-order chi connectivity index (χ1) is 10.0. The van der Waals surface area contributed by atoms with E-state index in [2.05, 4.69) is 5.32 Å². The van der Waals surface area contributed by atoms with Gasteiger partial charge >= 0.3 is 0 Å². The number of anilines is 1. The first-order valence-electron chi connectivity index (χ1n) is 6.06. The minimum absolute atomic E-state index is 0.303. The van der Waals surface area contributed by atoms with Gasteiger partial charge in [-0.15, -0.1) is 11.8 Å². The molecular formula is C15H13ClN2O2S. The first-order valence-corrected chi connectivity index (χ1v) is 7.66. The maximum atomic E-state index is 12.2. The molecule has 0 fully saturated rings. The number of amides is 2. The summed E-state index contributed by atoms with van der Waals surface area (Å²) in [6.45, 7) is 0. The maximum Gasteiger partial charge on any atom is 0.257 e. The molecule has 0 saturated carbocycles. The molecule has 0 spiro atoms. The summed E-state index contributed by atoms with van der Waals surface area (Å²) < 4.78 is 0. The molecule has 0 radical (unpaired) electrons. The van der Waals surface area contributed by atoms with E-state index in [9.17, 15) is 9.59 Å². The van der Waals surface area contributed by atoms with E-state index in [1.165, 1.54) is 11.8 Å². The number of rotatable bonds is 4. The molecule has 0 heterocycles. The van der Waals surface area contributed by atoms with E-state index in [1.807, 2.05) is 12.3 Å². The van der Waals surface area contributed by atoms with Gasteiger partial charge in [0.15, 0.2) is 0 Å². The molecule has 2 amide bonds. The Bertz CT molecular complexity index is 687. The highest BCUT2D eigenvalue weighted by Gasteiger charge is 2.11. The Kier molecular flexibility index (Phi) is 4.88. The third-order valence-corrected chi connectivity index (χ3v) is 3.90. The number of carbonyl (C=O) groups is 2. The van der Waals surface area contributed by atoms with Crippen molar-refractivity contribution in [2.45, 2.75) is 4.90 Å². The molecule has 2 aromatic rings. The number of hydrogen-bond donors (Lipinski definition) is 2. The molecular weight excluding hydrogens is 308 g/mol. The van der Waals surface area contributed by atoms with Gasteiger partial charge < -0.3 is 11.1 Å². The summed E-state index contributed by atoms with van der Waals surface area (Å²) in [7, 11) is 0. The van der Waals surface area contributed by atoms with Crippen LogP contribution in [0.1, 0.15) is 20.7 Å². The summed E-state index contributed by atoms with van der Waals surface area (Å²) >= 11 is 7.58. The summed E-state index contributed by atoms with van der Waals surface area (Å²) in [5.41, 5.74) is 6.52. The Morgan fingerprint density at radius 2 is 1.81 bits per heavy atom. The molecule has 0 aliphatic rings. The van der Waals surface area contributed by atoms with Crippen molar-refractivity contribution in [2.75, 3.05) is 11.6 Å². The molecule has 0 atom stereocenters. The second kappa shape index (κ2) is 6.65. The van der Waals surface area contributed by atoms with Crippen LogP contribution < -0.4 is 11.1 Å². The summed E-state index contributed by atoms with van der Waals surface area (Å²) in [6.07, 6.45) is 1.92. The van der Waals surface area contributed by atoms with Crippen LogP contribution in [0.3, 0.4) is 0 Å². The van der Waals surface area contributed by atoms with Gasteiger partial charge in [-0.25, -0.2) is 0 Å². The number of primary amides is 1. The molecule has 4 nitrogen and oxygen atoms in total. The highest BCUT2D eigenvalue weighted by atomic mass is 35.5. The van der Waals surface area contributed by atoms with Crippen molar-refractivity contribution in [3.8, 4) is 0 Å². The van der Waals surface area contributed by atoms with Gasteiger partial charge in [-0.3, -0.25) is 9.59 Å². The van der Waals surface area contributed by atoms with Crippen molar-refractivity contribution < 1.29 is 9.59 Å². The lowest BCUT2D eigenvalue weighted by Crippen LogP contribution is -2.14. The minimum atomic E-state index is -0.511. The number of carbonyl (C=O) groups excluding carboxylic acids is 2. The van der Waals surface area contributed by atoms with Crippen LogP contribution in [-0.4, -0.2) is 18.1 Å². The van der Waals surface area contributed by atoms with E-state index in [-0.39, 0.29) is 5.91 Å². The van der Waals surface area contributed by atoms with Crippen LogP contribution in [0.2, 0.25) is 5.02 Å². The van der Waals surface area contributed by atoms with Crippen molar-refractivity contribution in [3.05, 3.63) is 58.6 Å². The Morgan fingerprint density at radius 1 is 1.14 bits per heavy atom. The SMILES string of the molecule is CSc1ccc(Cl)c(C(=O)Nc2ccc(C(N)=O)cc2)c1. The average Bonchev–Trinajstić information content (AvgIpc) is 2.48. The van der Waals surface area contributed by atoms with Gasteiger partial charge in [0, 0.05) is 16.1 Å². The lowest BCUT2D eigenvalue weighted by molar-refractivity contribution is 0.0998. The number of nitrogens with two attached hydrogens (primary N) is 1. The first kappa shape index (κ1) is 15.4. The summed E-state index contributed by atoms with van der Waals surface area (Å²) in [4.78, 5) is 24.2. The zero-order chi connectivity index (χ0) is 15.4. The van der Waals surface area contributed by atoms with E-state index in [1.54, 1.807) is 36.4 Å². The Balaban J connectivity index is 2.19. The Hall–Kier alpha value is -1.98. The Morgan fingerprint density at radius 3 is 2.38 bits per heavy atom. The van der Waals surface area contributed by atoms with Crippen molar-refractivity contribution in [3.63, 3.8) is 0 Å². The third kappa shape index (κ3) is 3.77. The zero-order valence-electron chi connectivity index (χ0n) is 11.2. The van der Waals surface area contributed by atoms with Crippen LogP contribution in [0.25, 0.3) is 0 Å². The molecule has 2 rings (SSSR count). The molecule has 0 aliphatic heterocycles. The van der Waals surface area contributed by atoms with Crippen LogP contribution >= 0.6 is 23.4 Å². The van der Waals surface area contributed by atoms with Gasteiger partial charge in [0.2, 0.25) is 5.91 Å². The fourth-order valence-corrected chi connectivity index (χ4v) is 2.36. The van der Waals surface area contributed by atoms with Gasteiger partial charge in [0.05, 0.1) is 10.6 Å². The van der Waals surface area contributed by atoms with E-state index >= 15 is 0 Å². The molecule has 0 aromatic heterocycles. The van der Waals surface area contributed by atoms with Crippen LogP contribution in [0.15, 0.2) is 47.4 Å². The van der Waals surface area contributed by atoms with Crippen LogP contribution in [0.4, 0.5) is 5.69 Å². The van der Waals surface area contributed by atoms with E-state index in [0.29, 0.717) is 21.8 Å². The van der Waals surface area contributed by atoms with Gasteiger partial charge in [-0.05, 0) is 48.7 Å². The summed E-state index contributed by atoms with van der Waals surface area (Å²) in [5.74, 6) is -0.814. The molecule has 3 N–H and O–H groups in total. The van der Waals surface area contributed by atoms with Gasteiger partial charge in [0.1, 0.15) is 0 Å². The number of thioether (sulfide) groups is 1. The van der Waals surface area contributed by atoms with Crippen LogP contribution in [0, 0.1) is 0 Å². The molecule has 0 aliphatic carbocycles.